The molecule has 8 nitrogen and oxygen atoms in total. The van der Waals surface area contributed by atoms with Crippen molar-refractivity contribution in [1.29, 1.82) is 0 Å². The molecule has 1 fully saturated rings. The Hall–Kier alpha value is -1.85. The van der Waals surface area contributed by atoms with Crippen LogP contribution in [0.2, 0.25) is 0 Å². The number of nitrogens with zero attached hydrogens (tertiary/aromatic N) is 1. The van der Waals surface area contributed by atoms with Gasteiger partial charge in [-0.2, -0.15) is 0 Å². The van der Waals surface area contributed by atoms with Crippen LogP contribution < -0.4 is 10.6 Å². The van der Waals surface area contributed by atoms with Gasteiger partial charge in [-0.3, -0.25) is 13.8 Å². The van der Waals surface area contributed by atoms with Gasteiger partial charge in [0.15, 0.2) is 6.61 Å². The van der Waals surface area contributed by atoms with Gasteiger partial charge in [0.2, 0.25) is 5.91 Å². The highest BCUT2D eigenvalue weighted by molar-refractivity contribution is 7.92. The fourth-order valence-electron chi connectivity index (χ4n) is 1.76. The Bertz CT molecular complexity index is 672. The molecule has 3 atom stereocenters. The van der Waals surface area contributed by atoms with Gasteiger partial charge in [0, 0.05) is 25.2 Å². The lowest BCUT2D eigenvalue weighted by atomic mass is 10.3. The molecule has 3 unspecified atom stereocenters. The van der Waals surface area contributed by atoms with Crippen LogP contribution in [0.1, 0.15) is 13.3 Å². The van der Waals surface area contributed by atoms with Crippen molar-refractivity contribution in [2.24, 2.45) is 0 Å². The van der Waals surface area contributed by atoms with E-state index in [4.69, 9.17) is 25.6 Å². The summed E-state index contributed by atoms with van der Waals surface area (Å²) in [4.78, 5) is 23.6. The zero-order chi connectivity index (χ0) is 21.8. The Morgan fingerprint density at radius 3 is 2.86 bits per heavy atom. The van der Waals surface area contributed by atoms with Crippen LogP contribution in [0.25, 0.3) is 0 Å². The summed E-state index contributed by atoms with van der Waals surface area (Å²) in [6.45, 7) is 9.17. The molecule has 1 aliphatic heterocycles. The van der Waals surface area contributed by atoms with E-state index >= 15 is 0 Å². The summed E-state index contributed by atoms with van der Waals surface area (Å²) in [7, 11) is 0. The van der Waals surface area contributed by atoms with Crippen LogP contribution in [0, 0.1) is 0 Å². The number of carbonyl (C=O) groups excluding carboxylic acids is 2. The minimum absolute atomic E-state index is 0.145. The van der Waals surface area contributed by atoms with Crippen LogP contribution in [-0.2, 0) is 18.5 Å². The predicted molar refractivity (Wildman–Crippen MR) is 110 cm³/mol. The second-order valence-corrected chi connectivity index (χ2v) is 7.34. The summed E-state index contributed by atoms with van der Waals surface area (Å²) in [5.74, 6) is -1.33. The maximum Gasteiger partial charge on any atom is 0.261 e. The number of ether oxygens (including phenoxy) is 1. The molecule has 0 aromatic carbocycles. The number of halogens is 2. The fraction of sp³-hybridized carbons (Fsp3) is 0.444. The molecule has 3 N–H and O–H groups in total. The zero-order valence-electron chi connectivity index (χ0n) is 16.0. The van der Waals surface area contributed by atoms with Crippen molar-refractivity contribution in [2.75, 3.05) is 26.3 Å². The molecule has 0 radical (unpaired) electrons. The Morgan fingerprint density at radius 2 is 2.21 bits per heavy atom. The zero-order valence-corrected chi connectivity index (χ0v) is 17.6. The second kappa shape index (κ2) is 13.4. The molecule has 0 saturated carbocycles. The van der Waals surface area contributed by atoms with E-state index in [1.54, 1.807) is 11.2 Å². The van der Waals surface area contributed by atoms with Crippen molar-refractivity contribution in [3.8, 4) is 0 Å². The van der Waals surface area contributed by atoms with E-state index in [2.05, 4.69) is 23.8 Å². The molecule has 1 rings (SSSR count). The van der Waals surface area contributed by atoms with Crippen LogP contribution in [0.5, 0.6) is 0 Å². The lowest BCUT2D eigenvalue weighted by Gasteiger charge is -2.09. The first-order chi connectivity index (χ1) is 13.7. The molecule has 0 aliphatic carbocycles. The minimum atomic E-state index is -0.768. The van der Waals surface area contributed by atoms with Gasteiger partial charge in [0.1, 0.15) is 11.9 Å². The standard InChI is InChI=1S/C18H25ClFN3O5S/c1-12(22-17(25)11-27-8-4-5-15(19)14(3)20)6-7-21-18(26)16-9-23(16)29-28-10-13(2)24/h4-5,8,13,16,24H,1,3,6-7,9-11H2,2H3,(H,21,26)(H,22,25)/b8-4+,15-5+. The maximum atomic E-state index is 12.6. The summed E-state index contributed by atoms with van der Waals surface area (Å²) in [6.07, 6.45) is 3.57. The molecule has 0 aromatic heterocycles. The first kappa shape index (κ1) is 25.2. The number of amides is 2. The van der Waals surface area contributed by atoms with Gasteiger partial charge in [-0.15, -0.1) is 0 Å². The van der Waals surface area contributed by atoms with E-state index in [1.807, 2.05) is 0 Å². The summed E-state index contributed by atoms with van der Waals surface area (Å²) in [6, 6.07) is -0.269. The number of rotatable bonds is 14. The van der Waals surface area contributed by atoms with Crippen LogP contribution in [0.3, 0.4) is 0 Å². The molecule has 29 heavy (non-hydrogen) atoms. The molecule has 1 saturated heterocycles. The summed E-state index contributed by atoms with van der Waals surface area (Å²) in [5, 5.41) is 14.2. The number of aliphatic hydroxyl groups excluding tert-OH is 1. The molecule has 0 bridgehead atoms. The van der Waals surface area contributed by atoms with Crippen molar-refractivity contribution in [3.63, 3.8) is 0 Å². The Labute approximate surface area is 178 Å². The first-order valence-corrected chi connectivity index (χ1v) is 9.76. The predicted octanol–water partition coefficient (Wildman–Crippen LogP) is 1.90. The Kier molecular flexibility index (Phi) is 11.6. The number of aliphatic hydroxyl groups is 1. The second-order valence-electron chi connectivity index (χ2n) is 6.08. The Morgan fingerprint density at radius 1 is 1.48 bits per heavy atom. The quantitative estimate of drug-likeness (QED) is 0.122. The average molecular weight is 450 g/mol. The number of hydrogen-bond acceptors (Lipinski definition) is 7. The highest BCUT2D eigenvalue weighted by atomic mass is 35.5. The molecule has 2 amide bonds. The van der Waals surface area contributed by atoms with Crippen LogP contribution in [0.15, 0.2) is 48.1 Å². The summed E-state index contributed by atoms with van der Waals surface area (Å²) < 4.78 is 24.5. The lowest BCUT2D eigenvalue weighted by molar-refractivity contribution is -0.123. The fourth-order valence-corrected chi connectivity index (χ4v) is 2.63. The number of carbonyl (C=O) groups is 2. The molecular formula is C18H25ClFN3O5S. The first-order valence-electron chi connectivity index (χ1n) is 8.69. The molecule has 1 aliphatic rings. The topological polar surface area (TPSA) is 99.9 Å². The summed E-state index contributed by atoms with van der Waals surface area (Å²) >= 11 is 6.56. The Balaban J connectivity index is 2.11. The molecule has 162 valence electrons. The van der Waals surface area contributed by atoms with E-state index in [0.717, 1.165) is 12.2 Å². The van der Waals surface area contributed by atoms with E-state index in [0.29, 0.717) is 25.2 Å². The van der Waals surface area contributed by atoms with E-state index in [-0.39, 0.29) is 30.2 Å². The van der Waals surface area contributed by atoms with Crippen LogP contribution in [-0.4, -0.2) is 59.7 Å². The largest absolute Gasteiger partial charge is 0.491 e. The monoisotopic (exact) mass is 449 g/mol. The third-order valence-electron chi connectivity index (χ3n) is 3.26. The van der Waals surface area contributed by atoms with Gasteiger partial charge in [0.05, 0.1) is 36.2 Å². The molecular weight excluding hydrogens is 425 g/mol. The SMILES string of the molecule is C=C(CCNC(=O)C1CN1SOCC(C)O)NC(=O)CO/C=C/C=C(/Cl)C(=C)F. The van der Waals surface area contributed by atoms with Crippen molar-refractivity contribution < 1.29 is 28.0 Å². The van der Waals surface area contributed by atoms with Crippen molar-refractivity contribution in [2.45, 2.75) is 25.5 Å². The minimum Gasteiger partial charge on any atom is -0.491 e. The van der Waals surface area contributed by atoms with Crippen LogP contribution in [0.4, 0.5) is 4.39 Å². The van der Waals surface area contributed by atoms with E-state index in [9.17, 15) is 14.0 Å². The normalized spacial score (nSPS) is 19.5. The maximum absolute atomic E-state index is 12.6. The number of hydrogen-bond donors (Lipinski definition) is 3. The van der Waals surface area contributed by atoms with Crippen LogP contribution >= 0.6 is 23.8 Å². The highest BCUT2D eigenvalue weighted by Gasteiger charge is 2.41. The summed E-state index contributed by atoms with van der Waals surface area (Å²) in [5.41, 5.74) is 0.432. The lowest BCUT2D eigenvalue weighted by Crippen LogP contribution is -2.32. The van der Waals surface area contributed by atoms with Crippen molar-refractivity contribution in [3.05, 3.63) is 48.1 Å². The van der Waals surface area contributed by atoms with Gasteiger partial charge in [-0.05, 0) is 19.1 Å². The molecule has 11 heteroatoms. The van der Waals surface area contributed by atoms with Crippen molar-refractivity contribution >= 4 is 35.6 Å². The van der Waals surface area contributed by atoms with Gasteiger partial charge >= 0.3 is 0 Å². The van der Waals surface area contributed by atoms with E-state index < -0.39 is 17.8 Å². The number of allylic oxidation sites excluding steroid dienone is 4. The highest BCUT2D eigenvalue weighted by Crippen LogP contribution is 2.28. The third-order valence-corrected chi connectivity index (χ3v) is 4.43. The number of nitrogens with one attached hydrogen (secondary N) is 2. The molecule has 1 heterocycles. The third kappa shape index (κ3) is 11.7. The average Bonchev–Trinajstić information content (AvgIpc) is 3.40. The van der Waals surface area contributed by atoms with Gasteiger partial charge < -0.3 is 20.5 Å². The molecule has 0 spiro atoms. The van der Waals surface area contributed by atoms with Gasteiger partial charge in [-0.1, -0.05) is 24.8 Å². The van der Waals surface area contributed by atoms with E-state index in [1.165, 1.54) is 18.4 Å². The molecule has 0 aromatic rings. The van der Waals surface area contributed by atoms with Gasteiger partial charge in [0.25, 0.3) is 5.91 Å². The van der Waals surface area contributed by atoms with Crippen molar-refractivity contribution in [1.82, 2.24) is 14.9 Å². The van der Waals surface area contributed by atoms with Gasteiger partial charge in [-0.25, -0.2) is 8.70 Å². The smallest absolute Gasteiger partial charge is 0.261 e.